The molecule has 0 aliphatic rings. The standard InChI is InChI=1S/C17H12FN5O/c18-12-2-4-13(5-3-12)21-16-19-8-11(9-20-16)10-1-6-14-15(7-10)23-17(24)22-14/h1-9H,(H,19,20,21)(H2,22,23,24). The molecule has 0 radical (unpaired) electrons. The van der Waals surface area contributed by atoms with Crippen LogP contribution < -0.4 is 11.0 Å². The summed E-state index contributed by atoms with van der Waals surface area (Å²) in [6, 6.07) is 11.5. The first-order valence-corrected chi connectivity index (χ1v) is 7.24. The predicted molar refractivity (Wildman–Crippen MR) is 89.6 cm³/mol. The molecule has 2 aromatic carbocycles. The van der Waals surface area contributed by atoms with Gasteiger partial charge in [-0.05, 0) is 42.0 Å². The number of H-pyrrole nitrogens is 2. The van der Waals surface area contributed by atoms with Crippen molar-refractivity contribution in [1.82, 2.24) is 19.9 Å². The fourth-order valence-electron chi connectivity index (χ4n) is 2.42. The van der Waals surface area contributed by atoms with Crippen molar-refractivity contribution in [3.05, 3.63) is 71.2 Å². The number of anilines is 2. The molecule has 2 aromatic heterocycles. The second-order valence-electron chi connectivity index (χ2n) is 5.27. The number of benzene rings is 2. The van der Waals surface area contributed by atoms with Crippen LogP contribution in [-0.4, -0.2) is 19.9 Å². The zero-order chi connectivity index (χ0) is 16.5. The third kappa shape index (κ3) is 2.74. The van der Waals surface area contributed by atoms with Gasteiger partial charge in [0, 0.05) is 23.6 Å². The molecule has 0 atom stereocenters. The first kappa shape index (κ1) is 14.1. The van der Waals surface area contributed by atoms with Crippen molar-refractivity contribution < 1.29 is 4.39 Å². The lowest BCUT2D eigenvalue weighted by molar-refractivity contribution is 0.628. The van der Waals surface area contributed by atoms with Gasteiger partial charge in [-0.1, -0.05) is 6.07 Å². The zero-order valence-electron chi connectivity index (χ0n) is 12.4. The average molecular weight is 321 g/mol. The third-order valence-corrected chi connectivity index (χ3v) is 3.60. The van der Waals surface area contributed by atoms with Gasteiger partial charge < -0.3 is 15.3 Å². The van der Waals surface area contributed by atoms with Crippen molar-refractivity contribution >= 4 is 22.7 Å². The highest BCUT2D eigenvalue weighted by atomic mass is 19.1. The highest BCUT2D eigenvalue weighted by molar-refractivity contribution is 5.81. The van der Waals surface area contributed by atoms with E-state index in [-0.39, 0.29) is 11.5 Å². The van der Waals surface area contributed by atoms with E-state index in [4.69, 9.17) is 0 Å². The Morgan fingerprint density at radius 3 is 2.33 bits per heavy atom. The topological polar surface area (TPSA) is 86.5 Å². The molecule has 0 amide bonds. The van der Waals surface area contributed by atoms with Gasteiger partial charge in [0.25, 0.3) is 0 Å². The third-order valence-electron chi connectivity index (χ3n) is 3.60. The van der Waals surface area contributed by atoms with Gasteiger partial charge in [-0.3, -0.25) is 0 Å². The van der Waals surface area contributed by atoms with Crippen LogP contribution in [0.4, 0.5) is 16.0 Å². The van der Waals surface area contributed by atoms with E-state index in [1.165, 1.54) is 12.1 Å². The molecule has 24 heavy (non-hydrogen) atoms. The Morgan fingerprint density at radius 2 is 1.58 bits per heavy atom. The minimum absolute atomic E-state index is 0.239. The second kappa shape index (κ2) is 5.62. The minimum atomic E-state index is -0.296. The van der Waals surface area contributed by atoms with E-state index in [0.717, 1.165) is 22.2 Å². The summed E-state index contributed by atoms with van der Waals surface area (Å²) < 4.78 is 12.9. The molecular formula is C17H12FN5O. The maximum atomic E-state index is 12.9. The highest BCUT2D eigenvalue weighted by Crippen LogP contribution is 2.22. The SMILES string of the molecule is O=c1[nH]c2ccc(-c3cnc(Nc4ccc(F)cc4)nc3)cc2[nH]1. The van der Waals surface area contributed by atoms with Crippen molar-refractivity contribution in [3.63, 3.8) is 0 Å². The Bertz CT molecular complexity index is 1050. The summed E-state index contributed by atoms with van der Waals surface area (Å²) in [7, 11) is 0. The molecule has 0 spiro atoms. The van der Waals surface area contributed by atoms with Gasteiger partial charge in [0.1, 0.15) is 5.82 Å². The number of imidazole rings is 1. The predicted octanol–water partition coefficient (Wildman–Crippen LogP) is 3.20. The van der Waals surface area contributed by atoms with Gasteiger partial charge in [-0.2, -0.15) is 0 Å². The molecule has 0 bridgehead atoms. The summed E-state index contributed by atoms with van der Waals surface area (Å²) in [5.41, 5.74) is 3.66. The van der Waals surface area contributed by atoms with Crippen LogP contribution in [0.5, 0.6) is 0 Å². The lowest BCUT2D eigenvalue weighted by Gasteiger charge is -2.06. The quantitative estimate of drug-likeness (QED) is 0.541. The van der Waals surface area contributed by atoms with Crippen molar-refractivity contribution in [2.24, 2.45) is 0 Å². The summed E-state index contributed by atoms with van der Waals surface area (Å²) in [6.45, 7) is 0. The van der Waals surface area contributed by atoms with Crippen LogP contribution in [-0.2, 0) is 0 Å². The summed E-state index contributed by atoms with van der Waals surface area (Å²) in [5, 5.41) is 3.00. The first-order valence-electron chi connectivity index (χ1n) is 7.24. The molecule has 0 saturated heterocycles. The molecule has 3 N–H and O–H groups in total. The Morgan fingerprint density at radius 1 is 0.875 bits per heavy atom. The van der Waals surface area contributed by atoms with E-state index < -0.39 is 0 Å². The van der Waals surface area contributed by atoms with Crippen LogP contribution in [0.25, 0.3) is 22.2 Å². The van der Waals surface area contributed by atoms with Gasteiger partial charge in [-0.25, -0.2) is 19.2 Å². The summed E-state index contributed by atoms with van der Waals surface area (Å²) in [5.74, 6) is 0.122. The normalized spacial score (nSPS) is 10.9. The van der Waals surface area contributed by atoms with E-state index in [1.54, 1.807) is 24.5 Å². The van der Waals surface area contributed by atoms with Crippen molar-refractivity contribution in [2.45, 2.75) is 0 Å². The number of halogens is 1. The van der Waals surface area contributed by atoms with E-state index in [0.29, 0.717) is 11.6 Å². The van der Waals surface area contributed by atoms with Gasteiger partial charge in [0.15, 0.2) is 0 Å². The highest BCUT2D eigenvalue weighted by Gasteiger charge is 2.04. The Kier molecular flexibility index (Phi) is 3.31. The summed E-state index contributed by atoms with van der Waals surface area (Å²) in [6.07, 6.45) is 3.37. The minimum Gasteiger partial charge on any atom is -0.324 e. The van der Waals surface area contributed by atoms with Crippen LogP contribution in [0, 0.1) is 5.82 Å². The zero-order valence-corrected chi connectivity index (χ0v) is 12.4. The monoisotopic (exact) mass is 321 g/mol. The summed E-state index contributed by atoms with van der Waals surface area (Å²) >= 11 is 0. The molecule has 0 fully saturated rings. The number of nitrogens with one attached hydrogen (secondary N) is 3. The summed E-state index contributed by atoms with van der Waals surface area (Å²) in [4.78, 5) is 25.3. The number of aromatic amines is 2. The van der Waals surface area contributed by atoms with Gasteiger partial charge in [-0.15, -0.1) is 0 Å². The van der Waals surface area contributed by atoms with Crippen molar-refractivity contribution in [1.29, 1.82) is 0 Å². The fraction of sp³-hybridized carbons (Fsp3) is 0. The van der Waals surface area contributed by atoms with Crippen LogP contribution in [0.2, 0.25) is 0 Å². The van der Waals surface area contributed by atoms with E-state index in [9.17, 15) is 9.18 Å². The number of fused-ring (bicyclic) bond motifs is 1. The molecule has 0 aliphatic carbocycles. The number of nitrogens with zero attached hydrogens (tertiary/aromatic N) is 2. The van der Waals surface area contributed by atoms with Crippen molar-refractivity contribution in [3.8, 4) is 11.1 Å². The number of rotatable bonds is 3. The van der Waals surface area contributed by atoms with E-state index in [1.807, 2.05) is 18.2 Å². The lowest BCUT2D eigenvalue weighted by atomic mass is 10.1. The first-order chi connectivity index (χ1) is 11.7. The maximum Gasteiger partial charge on any atom is 0.323 e. The second-order valence-corrected chi connectivity index (χ2v) is 5.27. The van der Waals surface area contributed by atoms with Crippen molar-refractivity contribution in [2.75, 3.05) is 5.32 Å². The van der Waals surface area contributed by atoms with E-state index in [2.05, 4.69) is 25.3 Å². The lowest BCUT2D eigenvalue weighted by Crippen LogP contribution is -1.99. The molecule has 6 nitrogen and oxygen atoms in total. The molecule has 7 heteroatoms. The average Bonchev–Trinajstić information content (AvgIpc) is 2.97. The molecule has 2 heterocycles. The molecule has 0 aliphatic heterocycles. The maximum absolute atomic E-state index is 12.9. The van der Waals surface area contributed by atoms with E-state index >= 15 is 0 Å². The Labute approximate surface area is 135 Å². The fourth-order valence-corrected chi connectivity index (χ4v) is 2.42. The number of aromatic nitrogens is 4. The van der Waals surface area contributed by atoms with Crippen LogP contribution >= 0.6 is 0 Å². The smallest absolute Gasteiger partial charge is 0.323 e. The Hall–Kier alpha value is -3.48. The molecule has 4 rings (SSSR count). The molecule has 0 saturated carbocycles. The van der Waals surface area contributed by atoms with Crippen LogP contribution in [0.1, 0.15) is 0 Å². The Balaban J connectivity index is 1.60. The van der Waals surface area contributed by atoms with Crippen LogP contribution in [0.3, 0.4) is 0 Å². The van der Waals surface area contributed by atoms with Gasteiger partial charge in [0.05, 0.1) is 11.0 Å². The van der Waals surface area contributed by atoms with Gasteiger partial charge in [0.2, 0.25) is 5.95 Å². The van der Waals surface area contributed by atoms with Crippen LogP contribution in [0.15, 0.2) is 59.7 Å². The van der Waals surface area contributed by atoms with Gasteiger partial charge >= 0.3 is 5.69 Å². The molecule has 4 aromatic rings. The largest absolute Gasteiger partial charge is 0.324 e. The molecular weight excluding hydrogens is 309 g/mol. The number of hydrogen-bond acceptors (Lipinski definition) is 4. The molecule has 0 unspecified atom stereocenters. The number of hydrogen-bond donors (Lipinski definition) is 3. The molecule has 118 valence electrons.